The minimum Gasteiger partial charge on any atom is -0.404 e. The maximum Gasteiger partial charge on any atom is 0.0783 e. The maximum atomic E-state index is 6.22. The largest absolute Gasteiger partial charge is 0.404 e. The fraction of sp³-hybridized carbons (Fsp3) is 0.227. The highest BCUT2D eigenvalue weighted by molar-refractivity contribution is 6.31. The third-order valence-corrected chi connectivity index (χ3v) is 4.50. The quantitative estimate of drug-likeness (QED) is 0.586. The van der Waals surface area contributed by atoms with E-state index in [9.17, 15) is 0 Å². The Bertz CT molecular complexity index is 993. The average molecular weight is 379 g/mol. The average Bonchev–Trinajstić information content (AvgIpc) is 2.67. The molecule has 0 aliphatic heterocycles. The van der Waals surface area contributed by atoms with Crippen LogP contribution in [0, 0.1) is 5.92 Å². The van der Waals surface area contributed by atoms with Gasteiger partial charge in [0.25, 0.3) is 0 Å². The second kappa shape index (κ2) is 8.78. The van der Waals surface area contributed by atoms with Crippen LogP contribution in [0.4, 0.5) is 0 Å². The molecule has 2 aromatic heterocycles. The molecule has 0 radical (unpaired) electrons. The Kier molecular flexibility index (Phi) is 6.20. The van der Waals surface area contributed by atoms with Crippen molar-refractivity contribution in [1.82, 2.24) is 9.97 Å². The van der Waals surface area contributed by atoms with Gasteiger partial charge in [0.15, 0.2) is 0 Å². The fourth-order valence-corrected chi connectivity index (χ4v) is 2.96. The molecule has 3 rings (SSSR count). The number of nitrogens with zero attached hydrogens (tertiary/aromatic N) is 3. The molecule has 0 bridgehead atoms. The Morgan fingerprint density at radius 2 is 2.07 bits per heavy atom. The van der Waals surface area contributed by atoms with E-state index in [0.29, 0.717) is 10.9 Å². The molecule has 0 amide bonds. The molecule has 0 aliphatic carbocycles. The first-order chi connectivity index (χ1) is 13.1. The van der Waals surface area contributed by atoms with E-state index in [4.69, 9.17) is 17.3 Å². The lowest BCUT2D eigenvalue weighted by molar-refractivity contribution is 0.598. The molecule has 3 aromatic rings. The van der Waals surface area contributed by atoms with Gasteiger partial charge >= 0.3 is 0 Å². The van der Waals surface area contributed by atoms with E-state index in [1.165, 1.54) is 0 Å². The van der Waals surface area contributed by atoms with Crippen LogP contribution >= 0.6 is 11.6 Å². The highest BCUT2D eigenvalue weighted by Gasteiger charge is 2.12. The first-order valence-corrected chi connectivity index (χ1v) is 9.39. The molecule has 4 nitrogen and oxygen atoms in total. The SMILES string of the molecule is CC(C)CCN=C/C(=C\N)c1cc(Cl)cnc1-c1ccc2cccnc2c1. The third-order valence-electron chi connectivity index (χ3n) is 4.29. The summed E-state index contributed by atoms with van der Waals surface area (Å²) in [4.78, 5) is 13.5. The monoisotopic (exact) mass is 378 g/mol. The Morgan fingerprint density at radius 1 is 1.22 bits per heavy atom. The van der Waals surface area contributed by atoms with Gasteiger partial charge in [0.2, 0.25) is 0 Å². The van der Waals surface area contributed by atoms with Crippen LogP contribution in [0.5, 0.6) is 0 Å². The van der Waals surface area contributed by atoms with E-state index in [1.54, 1.807) is 24.8 Å². The van der Waals surface area contributed by atoms with Crippen LogP contribution in [-0.4, -0.2) is 22.7 Å². The zero-order chi connectivity index (χ0) is 19.2. The standard InChI is InChI=1S/C22H23ClN4/c1-15(2)7-9-25-13-18(12-24)20-11-19(23)14-27-22(20)17-6-5-16-4-3-8-26-21(16)10-17/h3-6,8,10-15H,7,9,24H2,1-2H3/b18-12+,25-13?. The number of aromatic nitrogens is 2. The molecule has 0 unspecified atom stereocenters. The molecule has 0 aliphatic rings. The lowest BCUT2D eigenvalue weighted by atomic mass is 9.99. The van der Waals surface area contributed by atoms with Crippen molar-refractivity contribution in [3.05, 3.63) is 65.6 Å². The van der Waals surface area contributed by atoms with Crippen molar-refractivity contribution in [1.29, 1.82) is 0 Å². The Hall–Kier alpha value is -2.72. The summed E-state index contributed by atoms with van der Waals surface area (Å²) in [6, 6.07) is 11.9. The third kappa shape index (κ3) is 4.72. The smallest absolute Gasteiger partial charge is 0.0783 e. The van der Waals surface area contributed by atoms with Crippen LogP contribution in [0.2, 0.25) is 5.02 Å². The van der Waals surface area contributed by atoms with E-state index < -0.39 is 0 Å². The van der Waals surface area contributed by atoms with E-state index in [2.05, 4.69) is 28.8 Å². The first kappa shape index (κ1) is 19.1. The lowest BCUT2D eigenvalue weighted by Crippen LogP contribution is -1.99. The number of nitrogens with two attached hydrogens (primary N) is 1. The van der Waals surface area contributed by atoms with Gasteiger partial charge in [0.05, 0.1) is 16.2 Å². The van der Waals surface area contributed by atoms with Crippen molar-refractivity contribution in [2.75, 3.05) is 6.54 Å². The van der Waals surface area contributed by atoms with Gasteiger partial charge in [-0.1, -0.05) is 43.6 Å². The summed E-state index contributed by atoms with van der Waals surface area (Å²) in [6.07, 6.45) is 7.82. The predicted octanol–water partition coefficient (Wildman–Crippen LogP) is 5.37. The second-order valence-electron chi connectivity index (χ2n) is 6.80. The van der Waals surface area contributed by atoms with Gasteiger partial charge in [-0.2, -0.15) is 0 Å². The predicted molar refractivity (Wildman–Crippen MR) is 115 cm³/mol. The molecule has 5 heteroatoms. The second-order valence-corrected chi connectivity index (χ2v) is 7.24. The van der Waals surface area contributed by atoms with Crippen molar-refractivity contribution in [3.8, 4) is 11.3 Å². The lowest BCUT2D eigenvalue weighted by Gasteiger charge is -2.11. The molecular weight excluding hydrogens is 356 g/mol. The van der Waals surface area contributed by atoms with Crippen molar-refractivity contribution in [2.24, 2.45) is 16.6 Å². The van der Waals surface area contributed by atoms with Crippen LogP contribution in [0.15, 0.2) is 60.0 Å². The Morgan fingerprint density at radius 3 is 2.85 bits per heavy atom. The van der Waals surface area contributed by atoms with Crippen LogP contribution in [0.25, 0.3) is 27.7 Å². The molecule has 0 fully saturated rings. The van der Waals surface area contributed by atoms with Crippen LogP contribution in [-0.2, 0) is 0 Å². The molecular formula is C22H23ClN4. The van der Waals surface area contributed by atoms with Crippen molar-refractivity contribution >= 4 is 34.3 Å². The van der Waals surface area contributed by atoms with Gasteiger partial charge < -0.3 is 5.73 Å². The number of benzene rings is 1. The van der Waals surface area contributed by atoms with Crippen LogP contribution in [0.3, 0.4) is 0 Å². The number of hydrogen-bond acceptors (Lipinski definition) is 4. The highest BCUT2D eigenvalue weighted by atomic mass is 35.5. The number of fused-ring (bicyclic) bond motifs is 1. The summed E-state index contributed by atoms with van der Waals surface area (Å²) < 4.78 is 0. The molecule has 2 N–H and O–H groups in total. The Labute approximate surface area is 164 Å². The zero-order valence-electron chi connectivity index (χ0n) is 15.6. The van der Waals surface area contributed by atoms with E-state index in [0.717, 1.165) is 46.3 Å². The summed E-state index contributed by atoms with van der Waals surface area (Å²) in [5.74, 6) is 0.612. The highest BCUT2D eigenvalue weighted by Crippen LogP contribution is 2.30. The van der Waals surface area contributed by atoms with E-state index in [1.807, 2.05) is 36.4 Å². The zero-order valence-corrected chi connectivity index (χ0v) is 16.3. The van der Waals surface area contributed by atoms with Gasteiger partial charge in [-0.25, -0.2) is 0 Å². The summed E-state index contributed by atoms with van der Waals surface area (Å²) in [6.45, 7) is 5.13. The molecule has 0 spiro atoms. The maximum absolute atomic E-state index is 6.22. The molecule has 27 heavy (non-hydrogen) atoms. The van der Waals surface area contributed by atoms with E-state index >= 15 is 0 Å². The van der Waals surface area contributed by atoms with Gasteiger partial charge in [0.1, 0.15) is 0 Å². The number of rotatable bonds is 6. The van der Waals surface area contributed by atoms with Gasteiger partial charge in [-0.3, -0.25) is 15.0 Å². The van der Waals surface area contributed by atoms with Crippen LogP contribution < -0.4 is 5.73 Å². The topological polar surface area (TPSA) is 64.2 Å². The van der Waals surface area contributed by atoms with Crippen molar-refractivity contribution < 1.29 is 0 Å². The number of hydrogen-bond donors (Lipinski definition) is 1. The van der Waals surface area contributed by atoms with Gasteiger partial charge in [-0.15, -0.1) is 0 Å². The summed E-state index contributed by atoms with van der Waals surface area (Å²) in [5, 5.41) is 1.64. The molecule has 2 heterocycles. The molecule has 138 valence electrons. The normalized spacial score (nSPS) is 12.4. The number of halogens is 1. The van der Waals surface area contributed by atoms with Gasteiger partial charge in [-0.05, 0) is 30.5 Å². The first-order valence-electron chi connectivity index (χ1n) is 9.01. The van der Waals surface area contributed by atoms with E-state index in [-0.39, 0.29) is 0 Å². The number of allylic oxidation sites excluding steroid dienone is 1. The molecule has 1 aromatic carbocycles. The fourth-order valence-electron chi connectivity index (χ4n) is 2.80. The number of pyridine rings is 2. The minimum atomic E-state index is 0.558. The summed E-state index contributed by atoms with van der Waals surface area (Å²) in [5.41, 5.74) is 10.2. The van der Waals surface area contributed by atoms with Gasteiger partial charge in [0, 0.05) is 53.4 Å². The molecule has 0 atom stereocenters. The molecule has 0 saturated carbocycles. The van der Waals surface area contributed by atoms with Crippen molar-refractivity contribution in [2.45, 2.75) is 20.3 Å². The van der Waals surface area contributed by atoms with Crippen LogP contribution in [0.1, 0.15) is 25.8 Å². The van der Waals surface area contributed by atoms with Crippen molar-refractivity contribution in [3.63, 3.8) is 0 Å². The summed E-state index contributed by atoms with van der Waals surface area (Å²) >= 11 is 6.22. The Balaban J connectivity index is 2.01. The molecule has 0 saturated heterocycles. The number of aliphatic imine (C=N–C) groups is 1. The minimum absolute atomic E-state index is 0.558. The summed E-state index contributed by atoms with van der Waals surface area (Å²) in [7, 11) is 0.